The maximum atomic E-state index is 12.7. The lowest BCUT2D eigenvalue weighted by Gasteiger charge is -2.21. The average molecular weight is 485 g/mol. The molecule has 186 valence electrons. The van der Waals surface area contributed by atoms with Gasteiger partial charge in [-0.05, 0) is 17.5 Å². The highest BCUT2D eigenvalue weighted by Gasteiger charge is 2.28. The zero-order valence-corrected chi connectivity index (χ0v) is 18.8. The summed E-state index contributed by atoms with van der Waals surface area (Å²) in [7, 11) is 0. The van der Waals surface area contributed by atoms with Crippen LogP contribution in [0.1, 0.15) is 17.5 Å². The molecule has 0 aliphatic carbocycles. The zero-order chi connectivity index (χ0) is 25.8. The number of amides is 3. The van der Waals surface area contributed by atoms with Crippen molar-refractivity contribution in [1.29, 1.82) is 0 Å². The number of benzene rings is 2. The summed E-state index contributed by atoms with van der Waals surface area (Å²) in [6.07, 6.45) is -0.546. The third-order valence-electron chi connectivity index (χ3n) is 4.99. The quantitative estimate of drug-likeness (QED) is 0.218. The molecule has 0 bridgehead atoms. The molecule has 0 saturated carbocycles. The number of aliphatic carboxylic acids is 2. The van der Waals surface area contributed by atoms with Crippen LogP contribution in [-0.2, 0) is 36.8 Å². The largest absolute Gasteiger partial charge is 0.481 e. The minimum absolute atomic E-state index is 0.0132. The second-order valence-corrected chi connectivity index (χ2v) is 7.82. The fourth-order valence-corrected chi connectivity index (χ4v) is 3.21. The normalized spacial score (nSPS) is 13.1. The summed E-state index contributed by atoms with van der Waals surface area (Å²) in [5.74, 6) is -5.06. The van der Waals surface area contributed by atoms with Crippen molar-refractivity contribution in [2.75, 3.05) is 6.54 Å². The highest BCUT2D eigenvalue weighted by Crippen LogP contribution is 2.05. The first-order valence-corrected chi connectivity index (χ1v) is 10.8. The van der Waals surface area contributed by atoms with Crippen LogP contribution in [-0.4, -0.2) is 64.5 Å². The number of rotatable bonds is 13. The van der Waals surface area contributed by atoms with Gasteiger partial charge in [0.05, 0.1) is 19.0 Å². The summed E-state index contributed by atoms with van der Waals surface area (Å²) in [5.41, 5.74) is 7.43. The number of nitrogens with two attached hydrogens (primary N) is 1. The molecule has 2 rings (SSSR count). The summed E-state index contributed by atoms with van der Waals surface area (Å²) in [5, 5.41) is 25.1. The third kappa shape index (κ3) is 9.64. The molecule has 0 aliphatic heterocycles. The van der Waals surface area contributed by atoms with Gasteiger partial charge in [-0.2, -0.15) is 0 Å². The summed E-state index contributed by atoms with van der Waals surface area (Å²) in [6, 6.07) is 14.0. The van der Waals surface area contributed by atoms with Crippen LogP contribution in [0.15, 0.2) is 60.7 Å². The SMILES string of the molecule is NC(Cc1ccccc1)C(=O)NCC(=O)NC(Cc1ccccc1)C(=O)NC(CC(=O)O)C(=O)O. The summed E-state index contributed by atoms with van der Waals surface area (Å²) < 4.78 is 0. The lowest BCUT2D eigenvalue weighted by Crippen LogP contribution is -2.54. The minimum atomic E-state index is -1.68. The van der Waals surface area contributed by atoms with E-state index in [1.54, 1.807) is 30.3 Å². The standard InChI is InChI=1S/C24H28N4O7/c25-17(11-15-7-3-1-4-8-15)22(32)26-14-20(29)27-18(12-16-9-5-2-6-10-16)23(33)28-19(24(34)35)13-21(30)31/h1-10,17-19H,11-14,25H2,(H,26,32)(H,27,29)(H,28,33)(H,30,31)(H,34,35). The zero-order valence-electron chi connectivity index (χ0n) is 18.8. The number of nitrogens with one attached hydrogen (secondary N) is 3. The molecule has 0 radical (unpaired) electrons. The molecule has 11 heteroatoms. The first kappa shape index (κ1) is 27.0. The van der Waals surface area contributed by atoms with Crippen LogP contribution in [0.2, 0.25) is 0 Å². The number of hydrogen-bond donors (Lipinski definition) is 6. The van der Waals surface area contributed by atoms with Crippen molar-refractivity contribution in [2.24, 2.45) is 5.73 Å². The Morgan fingerprint density at radius 2 is 1.29 bits per heavy atom. The number of carbonyl (C=O) groups is 5. The van der Waals surface area contributed by atoms with Gasteiger partial charge < -0.3 is 31.9 Å². The smallest absolute Gasteiger partial charge is 0.326 e. The molecule has 0 spiro atoms. The molecule has 0 saturated heterocycles. The van der Waals surface area contributed by atoms with E-state index in [1.165, 1.54) is 0 Å². The maximum Gasteiger partial charge on any atom is 0.326 e. The first-order valence-electron chi connectivity index (χ1n) is 10.8. The molecule has 2 aromatic rings. The van der Waals surface area contributed by atoms with Crippen molar-refractivity contribution >= 4 is 29.7 Å². The topological polar surface area (TPSA) is 188 Å². The van der Waals surface area contributed by atoms with E-state index >= 15 is 0 Å². The Labute approximate surface area is 201 Å². The van der Waals surface area contributed by atoms with E-state index in [-0.39, 0.29) is 12.8 Å². The number of carboxylic acids is 2. The Hall–Kier alpha value is -4.25. The molecular formula is C24H28N4O7. The second-order valence-electron chi connectivity index (χ2n) is 7.82. The van der Waals surface area contributed by atoms with Crippen molar-refractivity contribution in [1.82, 2.24) is 16.0 Å². The van der Waals surface area contributed by atoms with Crippen LogP contribution in [0.4, 0.5) is 0 Å². The van der Waals surface area contributed by atoms with Crippen LogP contribution < -0.4 is 21.7 Å². The van der Waals surface area contributed by atoms with Crippen LogP contribution in [0.3, 0.4) is 0 Å². The van der Waals surface area contributed by atoms with Gasteiger partial charge >= 0.3 is 11.9 Å². The van der Waals surface area contributed by atoms with Crippen molar-refractivity contribution in [3.8, 4) is 0 Å². The van der Waals surface area contributed by atoms with Gasteiger partial charge in [0, 0.05) is 6.42 Å². The predicted octanol–water partition coefficient (Wildman–Crippen LogP) is -0.556. The van der Waals surface area contributed by atoms with Crippen molar-refractivity contribution < 1.29 is 34.2 Å². The van der Waals surface area contributed by atoms with Crippen LogP contribution in [0.25, 0.3) is 0 Å². The van der Waals surface area contributed by atoms with Crippen LogP contribution in [0, 0.1) is 0 Å². The van der Waals surface area contributed by atoms with Crippen LogP contribution in [0.5, 0.6) is 0 Å². The van der Waals surface area contributed by atoms with E-state index < -0.39 is 60.8 Å². The highest BCUT2D eigenvalue weighted by atomic mass is 16.4. The van der Waals surface area contributed by atoms with Gasteiger partial charge in [-0.3, -0.25) is 19.2 Å². The van der Waals surface area contributed by atoms with E-state index in [2.05, 4.69) is 16.0 Å². The Morgan fingerprint density at radius 3 is 1.80 bits per heavy atom. The van der Waals surface area contributed by atoms with Crippen LogP contribution >= 0.6 is 0 Å². The van der Waals surface area contributed by atoms with Gasteiger partial charge in [0.25, 0.3) is 0 Å². The molecular weight excluding hydrogens is 456 g/mol. The molecule has 2 aromatic carbocycles. The van der Waals surface area contributed by atoms with E-state index in [9.17, 15) is 29.1 Å². The van der Waals surface area contributed by atoms with Crippen molar-refractivity contribution in [2.45, 2.75) is 37.4 Å². The summed E-state index contributed by atoms with van der Waals surface area (Å²) >= 11 is 0. The monoisotopic (exact) mass is 484 g/mol. The van der Waals surface area contributed by atoms with Gasteiger partial charge in [0.15, 0.2) is 0 Å². The van der Waals surface area contributed by atoms with Gasteiger partial charge in [0.2, 0.25) is 17.7 Å². The lowest BCUT2D eigenvalue weighted by atomic mass is 10.0. The molecule has 7 N–H and O–H groups in total. The fourth-order valence-electron chi connectivity index (χ4n) is 3.21. The Morgan fingerprint density at radius 1 is 0.743 bits per heavy atom. The molecule has 3 atom stereocenters. The number of carboxylic acid groups (broad SMARTS) is 2. The average Bonchev–Trinajstić information content (AvgIpc) is 2.82. The van der Waals surface area contributed by atoms with Crippen molar-refractivity contribution in [3.63, 3.8) is 0 Å². The van der Waals surface area contributed by atoms with E-state index in [4.69, 9.17) is 10.8 Å². The molecule has 0 fully saturated rings. The molecule has 0 heterocycles. The van der Waals surface area contributed by atoms with E-state index in [1.807, 2.05) is 30.3 Å². The Bertz CT molecular complexity index is 1030. The van der Waals surface area contributed by atoms with Gasteiger partial charge in [-0.1, -0.05) is 60.7 Å². The van der Waals surface area contributed by atoms with Gasteiger partial charge in [0.1, 0.15) is 12.1 Å². The minimum Gasteiger partial charge on any atom is -0.481 e. The van der Waals surface area contributed by atoms with E-state index in [0.29, 0.717) is 5.56 Å². The maximum absolute atomic E-state index is 12.7. The summed E-state index contributed by atoms with van der Waals surface area (Å²) in [4.78, 5) is 59.7. The molecule has 3 amide bonds. The van der Waals surface area contributed by atoms with Gasteiger partial charge in [-0.15, -0.1) is 0 Å². The molecule has 11 nitrogen and oxygen atoms in total. The lowest BCUT2D eigenvalue weighted by molar-refractivity contribution is -0.147. The molecule has 3 unspecified atom stereocenters. The van der Waals surface area contributed by atoms with Crippen molar-refractivity contribution in [3.05, 3.63) is 71.8 Å². The predicted molar refractivity (Wildman–Crippen MR) is 125 cm³/mol. The molecule has 35 heavy (non-hydrogen) atoms. The Kier molecular flexibility index (Phi) is 10.4. The highest BCUT2D eigenvalue weighted by molar-refractivity contribution is 5.93. The first-order chi connectivity index (χ1) is 16.7. The molecule has 0 aliphatic rings. The molecule has 0 aromatic heterocycles. The second kappa shape index (κ2) is 13.5. The van der Waals surface area contributed by atoms with Gasteiger partial charge in [-0.25, -0.2) is 4.79 Å². The number of carbonyl (C=O) groups excluding carboxylic acids is 3. The number of hydrogen-bond acceptors (Lipinski definition) is 6. The fraction of sp³-hybridized carbons (Fsp3) is 0.292. The third-order valence-corrected chi connectivity index (χ3v) is 4.99. The summed E-state index contributed by atoms with van der Waals surface area (Å²) in [6.45, 7) is -0.461. The Balaban J connectivity index is 2.00. The van der Waals surface area contributed by atoms with E-state index in [0.717, 1.165) is 5.56 Å².